The van der Waals surface area contributed by atoms with E-state index in [1.165, 1.54) is 6.20 Å². The summed E-state index contributed by atoms with van der Waals surface area (Å²) in [7, 11) is 0. The van der Waals surface area contributed by atoms with Gasteiger partial charge in [-0.15, -0.1) is 0 Å². The Morgan fingerprint density at radius 3 is 3.00 bits per heavy atom. The van der Waals surface area contributed by atoms with E-state index in [-0.39, 0.29) is 12.1 Å². The van der Waals surface area contributed by atoms with E-state index in [1.807, 2.05) is 6.92 Å². The monoisotopic (exact) mass is 223 g/mol. The van der Waals surface area contributed by atoms with Crippen molar-refractivity contribution in [3.63, 3.8) is 0 Å². The molecule has 3 N–H and O–H groups in total. The molecule has 0 spiro atoms. The lowest BCUT2D eigenvalue weighted by Crippen LogP contribution is -2.34. The highest BCUT2D eigenvalue weighted by molar-refractivity contribution is 5.09. The summed E-state index contributed by atoms with van der Waals surface area (Å²) in [4.78, 5) is 18.6. The molecule has 16 heavy (non-hydrogen) atoms. The molecule has 88 valence electrons. The maximum atomic E-state index is 11.6. The van der Waals surface area contributed by atoms with Gasteiger partial charge in [0.2, 0.25) is 0 Å². The fraction of sp³-hybridized carbons (Fsp3) is 0.636. The van der Waals surface area contributed by atoms with Crippen molar-refractivity contribution in [1.29, 1.82) is 0 Å². The van der Waals surface area contributed by atoms with Gasteiger partial charge in [-0.2, -0.15) is 0 Å². The molecule has 0 saturated carbocycles. The number of aromatic amines is 1. The molecule has 0 aliphatic carbocycles. The average Bonchev–Trinajstić information content (AvgIpc) is 2.30. The van der Waals surface area contributed by atoms with Gasteiger partial charge in [0.1, 0.15) is 11.4 Å². The molecular weight excluding hydrogens is 206 g/mol. The van der Waals surface area contributed by atoms with Crippen LogP contribution in [0.1, 0.15) is 37.6 Å². The zero-order valence-electron chi connectivity index (χ0n) is 9.45. The highest BCUT2D eigenvalue weighted by Gasteiger charge is 2.32. The number of nitrogens with two attached hydrogens (primary N) is 1. The van der Waals surface area contributed by atoms with Gasteiger partial charge >= 0.3 is 0 Å². The first-order valence-corrected chi connectivity index (χ1v) is 5.58. The minimum absolute atomic E-state index is 0.164. The molecule has 1 aliphatic rings. The molecule has 1 unspecified atom stereocenters. The smallest absolute Gasteiger partial charge is 0.255 e. The van der Waals surface area contributed by atoms with E-state index in [1.54, 1.807) is 0 Å². The molecule has 0 radical (unpaired) electrons. The van der Waals surface area contributed by atoms with Crippen molar-refractivity contribution in [3.8, 4) is 0 Å². The molecule has 1 aliphatic heterocycles. The maximum Gasteiger partial charge on any atom is 0.255 e. The van der Waals surface area contributed by atoms with Gasteiger partial charge in [0.05, 0.1) is 0 Å². The fourth-order valence-corrected chi connectivity index (χ4v) is 1.96. The molecule has 1 fully saturated rings. The number of nitrogens with zero attached hydrogens (tertiary/aromatic N) is 1. The van der Waals surface area contributed by atoms with Crippen LogP contribution in [0, 0.1) is 0 Å². The standard InChI is InChI=1S/C11H17N3O2/c1-11(4-2-3-5-16-11)10-13-7-8(6-12)9(15)14-10/h7H,2-6,12H2,1H3,(H,13,14,15). The van der Waals surface area contributed by atoms with Crippen LogP contribution in [0.4, 0.5) is 0 Å². The van der Waals surface area contributed by atoms with Crippen molar-refractivity contribution >= 4 is 0 Å². The Kier molecular flexibility index (Phi) is 3.07. The SMILES string of the molecule is CC1(c2ncc(CN)c(=O)[nH]2)CCCCO1. The Labute approximate surface area is 94.0 Å². The highest BCUT2D eigenvalue weighted by Crippen LogP contribution is 2.31. The van der Waals surface area contributed by atoms with E-state index in [9.17, 15) is 4.79 Å². The van der Waals surface area contributed by atoms with E-state index >= 15 is 0 Å². The molecule has 1 aromatic heterocycles. The van der Waals surface area contributed by atoms with E-state index < -0.39 is 5.60 Å². The second kappa shape index (κ2) is 4.35. The lowest BCUT2D eigenvalue weighted by atomic mass is 9.95. The summed E-state index contributed by atoms with van der Waals surface area (Å²) in [6, 6.07) is 0. The zero-order chi connectivity index (χ0) is 11.6. The first-order chi connectivity index (χ1) is 7.65. The van der Waals surface area contributed by atoms with Crippen molar-refractivity contribution < 1.29 is 4.74 Å². The minimum Gasteiger partial charge on any atom is -0.367 e. The summed E-state index contributed by atoms with van der Waals surface area (Å²) < 4.78 is 5.72. The highest BCUT2D eigenvalue weighted by atomic mass is 16.5. The molecule has 1 atom stereocenters. The normalized spacial score (nSPS) is 25.6. The van der Waals surface area contributed by atoms with Crippen LogP contribution in [-0.4, -0.2) is 16.6 Å². The third kappa shape index (κ3) is 2.01. The van der Waals surface area contributed by atoms with Crippen LogP contribution in [0.5, 0.6) is 0 Å². The molecule has 2 heterocycles. The summed E-state index contributed by atoms with van der Waals surface area (Å²) in [5.74, 6) is 0.606. The quantitative estimate of drug-likeness (QED) is 0.771. The Morgan fingerprint density at radius 2 is 2.44 bits per heavy atom. The fourth-order valence-electron chi connectivity index (χ4n) is 1.96. The zero-order valence-corrected chi connectivity index (χ0v) is 9.45. The molecular formula is C11H17N3O2. The van der Waals surface area contributed by atoms with E-state index in [0.717, 1.165) is 25.9 Å². The van der Waals surface area contributed by atoms with Crippen LogP contribution in [-0.2, 0) is 16.9 Å². The van der Waals surface area contributed by atoms with Crippen LogP contribution in [0.3, 0.4) is 0 Å². The molecule has 5 heteroatoms. The molecule has 5 nitrogen and oxygen atoms in total. The third-order valence-corrected chi connectivity index (χ3v) is 3.06. The summed E-state index contributed by atoms with van der Waals surface area (Å²) in [6.07, 6.45) is 4.59. The summed E-state index contributed by atoms with van der Waals surface area (Å²) in [5.41, 5.74) is 5.31. The van der Waals surface area contributed by atoms with Crippen molar-refractivity contribution in [2.24, 2.45) is 5.73 Å². The second-order valence-electron chi connectivity index (χ2n) is 4.33. The lowest BCUT2D eigenvalue weighted by molar-refractivity contribution is -0.0762. The second-order valence-corrected chi connectivity index (χ2v) is 4.33. The molecule has 0 aromatic carbocycles. The first-order valence-electron chi connectivity index (χ1n) is 5.58. The van der Waals surface area contributed by atoms with E-state index in [2.05, 4.69) is 9.97 Å². The number of H-pyrrole nitrogens is 1. The van der Waals surface area contributed by atoms with Crippen molar-refractivity contribution in [2.45, 2.75) is 38.3 Å². The van der Waals surface area contributed by atoms with E-state index in [0.29, 0.717) is 11.4 Å². The van der Waals surface area contributed by atoms with Crippen molar-refractivity contribution in [1.82, 2.24) is 9.97 Å². The van der Waals surface area contributed by atoms with Crippen molar-refractivity contribution in [3.05, 3.63) is 27.9 Å². The van der Waals surface area contributed by atoms with Gasteiger partial charge < -0.3 is 15.5 Å². The van der Waals surface area contributed by atoms with E-state index in [4.69, 9.17) is 10.5 Å². The lowest BCUT2D eigenvalue weighted by Gasteiger charge is -2.32. The predicted octanol–water partition coefficient (Wildman–Crippen LogP) is 0.644. The Bertz CT molecular complexity index is 421. The van der Waals surface area contributed by atoms with Gasteiger partial charge in [-0.25, -0.2) is 4.98 Å². The van der Waals surface area contributed by atoms with Gasteiger partial charge in [0.15, 0.2) is 0 Å². The summed E-state index contributed by atoms with van der Waals surface area (Å²) in [6.45, 7) is 2.89. The topological polar surface area (TPSA) is 81.0 Å². The summed E-state index contributed by atoms with van der Waals surface area (Å²) >= 11 is 0. The van der Waals surface area contributed by atoms with Gasteiger partial charge in [0, 0.05) is 24.9 Å². The van der Waals surface area contributed by atoms with Gasteiger partial charge in [-0.3, -0.25) is 4.79 Å². The Hall–Kier alpha value is -1.20. The van der Waals surface area contributed by atoms with Crippen LogP contribution in [0.25, 0.3) is 0 Å². The average molecular weight is 223 g/mol. The number of hydrogen-bond donors (Lipinski definition) is 2. The first kappa shape index (κ1) is 11.3. The summed E-state index contributed by atoms with van der Waals surface area (Å²) in [5, 5.41) is 0. The van der Waals surface area contributed by atoms with Crippen LogP contribution in [0.2, 0.25) is 0 Å². The molecule has 0 amide bonds. The van der Waals surface area contributed by atoms with Crippen LogP contribution >= 0.6 is 0 Å². The molecule has 2 rings (SSSR count). The Balaban J connectivity index is 2.33. The van der Waals surface area contributed by atoms with Gasteiger partial charge in [-0.05, 0) is 26.2 Å². The molecule has 0 bridgehead atoms. The molecule has 1 saturated heterocycles. The third-order valence-electron chi connectivity index (χ3n) is 3.06. The number of aromatic nitrogens is 2. The Morgan fingerprint density at radius 1 is 1.62 bits per heavy atom. The number of hydrogen-bond acceptors (Lipinski definition) is 4. The van der Waals surface area contributed by atoms with Crippen LogP contribution in [0.15, 0.2) is 11.0 Å². The van der Waals surface area contributed by atoms with Crippen LogP contribution < -0.4 is 11.3 Å². The number of ether oxygens (including phenoxy) is 1. The largest absolute Gasteiger partial charge is 0.367 e. The van der Waals surface area contributed by atoms with Gasteiger partial charge in [0.25, 0.3) is 5.56 Å². The number of rotatable bonds is 2. The maximum absolute atomic E-state index is 11.6. The predicted molar refractivity (Wildman–Crippen MR) is 59.9 cm³/mol. The van der Waals surface area contributed by atoms with Crippen molar-refractivity contribution in [2.75, 3.05) is 6.61 Å². The molecule has 1 aromatic rings. The minimum atomic E-state index is -0.454. The number of nitrogens with one attached hydrogen (secondary N) is 1. The van der Waals surface area contributed by atoms with Gasteiger partial charge in [-0.1, -0.05) is 0 Å².